The van der Waals surface area contributed by atoms with Crippen molar-refractivity contribution in [2.24, 2.45) is 0 Å². The summed E-state index contributed by atoms with van der Waals surface area (Å²) in [5.41, 5.74) is 3.37. The largest absolute Gasteiger partial charge is 0.493 e. The molecule has 0 aliphatic heterocycles. The number of carbonyl (C=O) groups is 1. The van der Waals surface area contributed by atoms with Crippen LogP contribution in [0.5, 0.6) is 11.5 Å². The van der Waals surface area contributed by atoms with Crippen molar-refractivity contribution in [3.63, 3.8) is 0 Å². The Morgan fingerprint density at radius 2 is 1.88 bits per heavy atom. The van der Waals surface area contributed by atoms with Gasteiger partial charge in [0.15, 0.2) is 17.1 Å². The van der Waals surface area contributed by atoms with Crippen LogP contribution >= 0.6 is 0 Å². The summed E-state index contributed by atoms with van der Waals surface area (Å²) in [5.74, 6) is 1.38. The highest BCUT2D eigenvalue weighted by molar-refractivity contribution is 5.95. The van der Waals surface area contributed by atoms with Crippen LogP contribution in [0.25, 0.3) is 11.1 Å². The zero-order valence-electron chi connectivity index (χ0n) is 18.0. The number of nitrogens with zero attached hydrogens (tertiary/aromatic N) is 3. The van der Waals surface area contributed by atoms with Crippen LogP contribution in [-0.4, -0.2) is 41.6 Å². The number of ether oxygens (including phenoxy) is 2. The van der Waals surface area contributed by atoms with Crippen LogP contribution in [-0.2, 0) is 6.42 Å². The minimum Gasteiger partial charge on any atom is -0.493 e. The number of benzene rings is 2. The van der Waals surface area contributed by atoms with E-state index in [-0.39, 0.29) is 11.9 Å². The van der Waals surface area contributed by atoms with Gasteiger partial charge in [-0.15, -0.1) is 0 Å². The first-order valence-corrected chi connectivity index (χ1v) is 10.0. The number of hydrogen-bond donors (Lipinski definition) is 2. The highest BCUT2D eigenvalue weighted by atomic mass is 16.5. The summed E-state index contributed by atoms with van der Waals surface area (Å²) >= 11 is 0. The van der Waals surface area contributed by atoms with E-state index in [4.69, 9.17) is 13.9 Å². The minimum absolute atomic E-state index is 0.239. The van der Waals surface area contributed by atoms with E-state index < -0.39 is 0 Å². The summed E-state index contributed by atoms with van der Waals surface area (Å²) < 4.78 is 16.2. The highest BCUT2D eigenvalue weighted by Gasteiger charge is 2.13. The third-order valence-corrected chi connectivity index (χ3v) is 4.88. The van der Waals surface area contributed by atoms with Crippen LogP contribution in [0.4, 0.5) is 12.0 Å². The normalized spacial score (nSPS) is 10.7. The average Bonchev–Trinajstić information content (AvgIpc) is 3.21. The maximum absolute atomic E-state index is 12.6. The van der Waals surface area contributed by atoms with Crippen molar-refractivity contribution < 1.29 is 18.7 Å². The summed E-state index contributed by atoms with van der Waals surface area (Å²) in [6.45, 7) is 2.21. The van der Waals surface area contributed by atoms with Gasteiger partial charge in [-0.3, -0.25) is 10.1 Å². The van der Waals surface area contributed by atoms with Gasteiger partial charge in [0.05, 0.1) is 25.5 Å². The van der Waals surface area contributed by atoms with Crippen LogP contribution in [0.3, 0.4) is 0 Å². The van der Waals surface area contributed by atoms with Crippen molar-refractivity contribution in [1.29, 1.82) is 0 Å². The highest BCUT2D eigenvalue weighted by Crippen LogP contribution is 2.27. The fraction of sp³-hybridized carbons (Fsp3) is 0.217. The Labute approximate surface area is 184 Å². The van der Waals surface area contributed by atoms with Gasteiger partial charge in [0.2, 0.25) is 5.95 Å². The number of amides is 1. The number of oxazole rings is 1. The SMILES string of the molecule is COc1ccc(CCNC(=O)c2cnc(Nc3nc4ccccc4o3)nc2C)cc1OC. The van der Waals surface area contributed by atoms with Gasteiger partial charge in [0, 0.05) is 12.7 Å². The second kappa shape index (κ2) is 9.34. The number of carbonyl (C=O) groups excluding carboxylic acids is 1. The van der Waals surface area contributed by atoms with Crippen LogP contribution < -0.4 is 20.1 Å². The molecule has 9 heteroatoms. The van der Waals surface area contributed by atoms with E-state index in [0.29, 0.717) is 47.3 Å². The molecule has 164 valence electrons. The van der Waals surface area contributed by atoms with Crippen LogP contribution in [0.1, 0.15) is 21.6 Å². The molecule has 2 aromatic carbocycles. The van der Waals surface area contributed by atoms with Gasteiger partial charge in [-0.1, -0.05) is 18.2 Å². The molecule has 0 aliphatic carbocycles. The number of rotatable bonds is 8. The quantitative estimate of drug-likeness (QED) is 0.433. The Morgan fingerprint density at radius 1 is 1.06 bits per heavy atom. The number of nitrogens with one attached hydrogen (secondary N) is 2. The molecule has 0 radical (unpaired) electrons. The lowest BCUT2D eigenvalue weighted by molar-refractivity contribution is 0.0952. The van der Waals surface area contributed by atoms with Gasteiger partial charge in [-0.25, -0.2) is 9.97 Å². The predicted octanol–water partition coefficient (Wildman–Crippen LogP) is 3.66. The van der Waals surface area contributed by atoms with Crippen molar-refractivity contribution in [1.82, 2.24) is 20.3 Å². The number of para-hydroxylation sites is 2. The summed E-state index contributed by atoms with van der Waals surface area (Å²) in [4.78, 5) is 25.5. The van der Waals surface area contributed by atoms with E-state index in [9.17, 15) is 4.79 Å². The topological polar surface area (TPSA) is 111 Å². The van der Waals surface area contributed by atoms with Gasteiger partial charge in [-0.05, 0) is 43.2 Å². The minimum atomic E-state index is -0.239. The number of fused-ring (bicyclic) bond motifs is 1. The maximum atomic E-state index is 12.6. The number of methoxy groups -OCH3 is 2. The van der Waals surface area contributed by atoms with Crippen molar-refractivity contribution in [2.45, 2.75) is 13.3 Å². The Kier molecular flexibility index (Phi) is 6.16. The molecule has 0 bridgehead atoms. The average molecular weight is 433 g/mol. The standard InChI is InChI=1S/C23H23N5O4/c1-14-16(21(29)24-11-10-15-8-9-19(30-2)20(12-15)31-3)13-25-22(26-14)28-23-27-17-6-4-5-7-18(17)32-23/h4-9,12-13H,10-11H2,1-3H3,(H,24,29)(H,25,26,27,28). The molecule has 0 saturated carbocycles. The molecule has 32 heavy (non-hydrogen) atoms. The zero-order chi connectivity index (χ0) is 22.5. The van der Waals surface area contributed by atoms with E-state index in [1.807, 2.05) is 42.5 Å². The lowest BCUT2D eigenvalue weighted by atomic mass is 10.1. The van der Waals surface area contributed by atoms with Gasteiger partial charge in [0.1, 0.15) is 5.52 Å². The zero-order valence-corrected chi connectivity index (χ0v) is 18.0. The maximum Gasteiger partial charge on any atom is 0.302 e. The number of aromatic nitrogens is 3. The summed E-state index contributed by atoms with van der Waals surface area (Å²) in [6.07, 6.45) is 2.13. The third kappa shape index (κ3) is 4.61. The van der Waals surface area contributed by atoms with Gasteiger partial charge < -0.3 is 19.2 Å². The molecule has 4 aromatic rings. The fourth-order valence-corrected chi connectivity index (χ4v) is 3.22. The van der Waals surface area contributed by atoms with Crippen molar-refractivity contribution in [2.75, 3.05) is 26.1 Å². The van der Waals surface area contributed by atoms with Crippen molar-refractivity contribution >= 4 is 29.0 Å². The Balaban J connectivity index is 1.36. The molecule has 4 rings (SSSR count). The summed E-state index contributed by atoms with van der Waals surface area (Å²) in [6, 6.07) is 13.4. The van der Waals surface area contributed by atoms with E-state index >= 15 is 0 Å². The monoisotopic (exact) mass is 433 g/mol. The number of anilines is 2. The van der Waals surface area contributed by atoms with E-state index in [1.54, 1.807) is 21.1 Å². The summed E-state index contributed by atoms with van der Waals surface area (Å²) in [7, 11) is 3.19. The second-order valence-corrected chi connectivity index (χ2v) is 7.00. The molecule has 2 heterocycles. The van der Waals surface area contributed by atoms with Crippen molar-refractivity contribution in [3.8, 4) is 11.5 Å². The molecule has 2 N–H and O–H groups in total. The third-order valence-electron chi connectivity index (χ3n) is 4.88. The molecule has 9 nitrogen and oxygen atoms in total. The Morgan fingerprint density at radius 3 is 2.62 bits per heavy atom. The molecule has 0 fully saturated rings. The van der Waals surface area contributed by atoms with E-state index in [0.717, 1.165) is 11.1 Å². The fourth-order valence-electron chi connectivity index (χ4n) is 3.22. The first-order chi connectivity index (χ1) is 15.6. The van der Waals surface area contributed by atoms with Gasteiger partial charge >= 0.3 is 6.01 Å². The van der Waals surface area contributed by atoms with E-state index in [1.165, 1.54) is 6.20 Å². The van der Waals surface area contributed by atoms with Gasteiger partial charge in [0.25, 0.3) is 5.91 Å². The first-order valence-electron chi connectivity index (χ1n) is 10.0. The molecular formula is C23H23N5O4. The first kappa shape index (κ1) is 21.1. The number of hydrogen-bond acceptors (Lipinski definition) is 8. The molecule has 2 aromatic heterocycles. The smallest absolute Gasteiger partial charge is 0.302 e. The second-order valence-electron chi connectivity index (χ2n) is 7.00. The number of aryl methyl sites for hydroxylation is 1. The Hall–Kier alpha value is -4.14. The Bertz CT molecular complexity index is 1220. The molecule has 0 aliphatic rings. The molecular weight excluding hydrogens is 410 g/mol. The van der Waals surface area contributed by atoms with Crippen LogP contribution in [0.2, 0.25) is 0 Å². The molecule has 0 spiro atoms. The van der Waals surface area contributed by atoms with E-state index in [2.05, 4.69) is 25.6 Å². The van der Waals surface area contributed by atoms with Crippen molar-refractivity contribution in [3.05, 3.63) is 65.5 Å². The molecule has 0 unspecified atom stereocenters. The predicted molar refractivity (Wildman–Crippen MR) is 120 cm³/mol. The lowest BCUT2D eigenvalue weighted by Gasteiger charge is -2.11. The molecule has 0 atom stereocenters. The van der Waals surface area contributed by atoms with Gasteiger partial charge in [-0.2, -0.15) is 4.98 Å². The lowest BCUT2D eigenvalue weighted by Crippen LogP contribution is -2.27. The molecule has 1 amide bonds. The van der Waals surface area contributed by atoms with Crippen LogP contribution in [0.15, 0.2) is 53.1 Å². The summed E-state index contributed by atoms with van der Waals surface area (Å²) in [5, 5.41) is 5.83. The van der Waals surface area contributed by atoms with Crippen LogP contribution in [0, 0.1) is 6.92 Å². The molecule has 0 saturated heterocycles.